The predicted octanol–water partition coefficient (Wildman–Crippen LogP) is 2.71. The Kier molecular flexibility index (Phi) is 3.72. The molecule has 0 radical (unpaired) electrons. The first kappa shape index (κ1) is 12.7. The summed E-state index contributed by atoms with van der Waals surface area (Å²) in [5.74, 6) is 0. The predicted molar refractivity (Wildman–Crippen MR) is 73.6 cm³/mol. The van der Waals surface area contributed by atoms with Crippen LogP contribution in [0, 0.1) is 20.8 Å². The number of nitrogens with one attached hydrogen (secondary N) is 1. The molecular weight excluding hydrogens is 222 g/mol. The van der Waals surface area contributed by atoms with E-state index in [0.29, 0.717) is 0 Å². The first-order valence-electron chi connectivity index (χ1n) is 6.15. The van der Waals surface area contributed by atoms with E-state index in [1.54, 1.807) is 6.20 Å². The molecule has 1 unspecified atom stereocenters. The number of rotatable bonds is 3. The van der Waals surface area contributed by atoms with E-state index >= 15 is 0 Å². The Hall–Kier alpha value is -1.74. The number of hydrogen-bond donors (Lipinski definition) is 1. The lowest BCUT2D eigenvalue weighted by Gasteiger charge is -2.17. The fourth-order valence-corrected chi connectivity index (χ4v) is 1.98. The lowest BCUT2D eigenvalue weighted by atomic mass is 9.99. The molecule has 2 rings (SSSR count). The van der Waals surface area contributed by atoms with E-state index < -0.39 is 0 Å². The van der Waals surface area contributed by atoms with Crippen molar-refractivity contribution < 1.29 is 0 Å². The molecule has 0 fully saturated rings. The van der Waals surface area contributed by atoms with Crippen molar-refractivity contribution in [2.24, 2.45) is 0 Å². The van der Waals surface area contributed by atoms with Crippen molar-refractivity contribution in [3.05, 3.63) is 58.7 Å². The molecule has 0 amide bonds. The smallest absolute Gasteiger partial charge is 0.0801 e. The fraction of sp³-hybridized carbons (Fsp3) is 0.333. The van der Waals surface area contributed by atoms with Gasteiger partial charge in [0.1, 0.15) is 0 Å². The highest BCUT2D eigenvalue weighted by atomic mass is 14.9. The van der Waals surface area contributed by atoms with Crippen molar-refractivity contribution in [1.82, 2.24) is 15.3 Å². The van der Waals surface area contributed by atoms with Gasteiger partial charge in [-0.1, -0.05) is 18.2 Å². The average Bonchev–Trinajstić information content (AvgIpc) is 2.37. The second-order valence-corrected chi connectivity index (χ2v) is 4.65. The molecule has 1 atom stereocenters. The highest BCUT2D eigenvalue weighted by molar-refractivity contribution is 5.34. The molecule has 94 valence electrons. The van der Waals surface area contributed by atoms with Gasteiger partial charge >= 0.3 is 0 Å². The Labute approximate surface area is 108 Å². The Morgan fingerprint density at radius 2 is 1.78 bits per heavy atom. The summed E-state index contributed by atoms with van der Waals surface area (Å²) in [4.78, 5) is 8.76. The first-order valence-corrected chi connectivity index (χ1v) is 6.15. The van der Waals surface area contributed by atoms with Crippen LogP contribution in [0.3, 0.4) is 0 Å². The molecule has 0 aliphatic heterocycles. The van der Waals surface area contributed by atoms with E-state index in [1.165, 1.54) is 16.7 Å². The fourth-order valence-electron chi connectivity index (χ4n) is 1.98. The molecule has 0 saturated heterocycles. The summed E-state index contributed by atoms with van der Waals surface area (Å²) in [6.45, 7) is 6.20. The third kappa shape index (κ3) is 2.57. The van der Waals surface area contributed by atoms with Gasteiger partial charge in [0.05, 0.1) is 23.6 Å². The van der Waals surface area contributed by atoms with Gasteiger partial charge in [-0.3, -0.25) is 9.97 Å². The van der Waals surface area contributed by atoms with Crippen molar-refractivity contribution in [3.8, 4) is 0 Å². The van der Waals surface area contributed by atoms with Crippen LogP contribution in [0.1, 0.15) is 34.1 Å². The Balaban J connectivity index is 2.38. The summed E-state index contributed by atoms with van der Waals surface area (Å²) in [7, 11) is 1.95. The SMILES string of the molecule is CNC(c1ccc(C)c(C)c1)c1cnc(C)cn1. The summed E-state index contributed by atoms with van der Waals surface area (Å²) < 4.78 is 0. The highest BCUT2D eigenvalue weighted by Gasteiger charge is 2.14. The van der Waals surface area contributed by atoms with Gasteiger partial charge in [-0.2, -0.15) is 0 Å². The van der Waals surface area contributed by atoms with Crippen LogP contribution in [-0.2, 0) is 0 Å². The van der Waals surface area contributed by atoms with Crippen molar-refractivity contribution in [2.45, 2.75) is 26.8 Å². The molecule has 0 saturated carbocycles. The van der Waals surface area contributed by atoms with Gasteiger partial charge in [-0.15, -0.1) is 0 Å². The maximum Gasteiger partial charge on any atom is 0.0801 e. The Morgan fingerprint density at radius 3 is 2.33 bits per heavy atom. The number of nitrogens with zero attached hydrogens (tertiary/aromatic N) is 2. The van der Waals surface area contributed by atoms with Gasteiger partial charge in [0.2, 0.25) is 0 Å². The highest BCUT2D eigenvalue weighted by Crippen LogP contribution is 2.21. The quantitative estimate of drug-likeness (QED) is 0.897. The second kappa shape index (κ2) is 5.27. The van der Waals surface area contributed by atoms with Crippen LogP contribution in [0.15, 0.2) is 30.6 Å². The molecule has 0 aliphatic rings. The zero-order chi connectivity index (χ0) is 13.1. The number of hydrogen-bond acceptors (Lipinski definition) is 3. The Morgan fingerprint density at radius 1 is 1.00 bits per heavy atom. The van der Waals surface area contributed by atoms with Gasteiger partial charge in [0, 0.05) is 6.20 Å². The molecule has 1 aromatic carbocycles. The van der Waals surface area contributed by atoms with E-state index in [1.807, 2.05) is 20.2 Å². The van der Waals surface area contributed by atoms with Gasteiger partial charge in [0.25, 0.3) is 0 Å². The van der Waals surface area contributed by atoms with E-state index in [-0.39, 0.29) is 6.04 Å². The van der Waals surface area contributed by atoms with E-state index in [2.05, 4.69) is 47.3 Å². The monoisotopic (exact) mass is 241 g/mol. The molecule has 0 aliphatic carbocycles. The molecule has 1 aromatic heterocycles. The zero-order valence-corrected chi connectivity index (χ0v) is 11.4. The molecule has 1 heterocycles. The minimum Gasteiger partial charge on any atom is -0.308 e. The molecule has 0 spiro atoms. The molecule has 0 bridgehead atoms. The first-order chi connectivity index (χ1) is 8.61. The maximum absolute atomic E-state index is 4.45. The average molecular weight is 241 g/mol. The summed E-state index contributed by atoms with van der Waals surface area (Å²) in [6.07, 6.45) is 3.65. The summed E-state index contributed by atoms with van der Waals surface area (Å²) in [5, 5.41) is 3.30. The third-order valence-corrected chi connectivity index (χ3v) is 3.25. The van der Waals surface area contributed by atoms with Crippen LogP contribution in [0.5, 0.6) is 0 Å². The van der Waals surface area contributed by atoms with Gasteiger partial charge < -0.3 is 5.32 Å². The summed E-state index contributed by atoms with van der Waals surface area (Å²) >= 11 is 0. The number of aromatic nitrogens is 2. The van der Waals surface area contributed by atoms with Crippen LogP contribution in [0.2, 0.25) is 0 Å². The van der Waals surface area contributed by atoms with Crippen LogP contribution in [0.4, 0.5) is 0 Å². The van der Waals surface area contributed by atoms with Crippen LogP contribution in [0.25, 0.3) is 0 Å². The molecule has 2 aromatic rings. The van der Waals surface area contributed by atoms with E-state index in [9.17, 15) is 0 Å². The lowest BCUT2D eigenvalue weighted by molar-refractivity contribution is 0.665. The van der Waals surface area contributed by atoms with Crippen molar-refractivity contribution in [3.63, 3.8) is 0 Å². The van der Waals surface area contributed by atoms with Gasteiger partial charge in [-0.25, -0.2) is 0 Å². The van der Waals surface area contributed by atoms with Crippen LogP contribution in [-0.4, -0.2) is 17.0 Å². The number of benzene rings is 1. The van der Waals surface area contributed by atoms with Crippen molar-refractivity contribution in [2.75, 3.05) is 7.05 Å². The minimum absolute atomic E-state index is 0.0948. The van der Waals surface area contributed by atoms with Gasteiger partial charge in [0.15, 0.2) is 0 Å². The normalized spacial score (nSPS) is 12.4. The lowest BCUT2D eigenvalue weighted by Crippen LogP contribution is -2.19. The third-order valence-electron chi connectivity index (χ3n) is 3.25. The molecule has 18 heavy (non-hydrogen) atoms. The van der Waals surface area contributed by atoms with Crippen molar-refractivity contribution >= 4 is 0 Å². The molecule has 3 nitrogen and oxygen atoms in total. The summed E-state index contributed by atoms with van der Waals surface area (Å²) in [6, 6.07) is 6.59. The van der Waals surface area contributed by atoms with Crippen LogP contribution >= 0.6 is 0 Å². The second-order valence-electron chi connectivity index (χ2n) is 4.65. The minimum atomic E-state index is 0.0948. The van der Waals surface area contributed by atoms with Crippen LogP contribution < -0.4 is 5.32 Å². The summed E-state index contributed by atoms with van der Waals surface area (Å²) in [5.41, 5.74) is 5.72. The molecule has 3 heteroatoms. The molecular formula is C15H19N3. The number of aryl methyl sites for hydroxylation is 3. The Bertz CT molecular complexity index is 532. The van der Waals surface area contributed by atoms with E-state index in [4.69, 9.17) is 0 Å². The zero-order valence-electron chi connectivity index (χ0n) is 11.4. The largest absolute Gasteiger partial charge is 0.308 e. The standard InChI is InChI=1S/C15H19N3/c1-10-5-6-13(7-11(10)2)15(16-4)14-9-17-12(3)8-18-14/h5-9,15-16H,1-4H3. The molecule has 1 N–H and O–H groups in total. The van der Waals surface area contributed by atoms with Crippen molar-refractivity contribution in [1.29, 1.82) is 0 Å². The topological polar surface area (TPSA) is 37.8 Å². The maximum atomic E-state index is 4.45. The van der Waals surface area contributed by atoms with Gasteiger partial charge in [-0.05, 0) is 44.5 Å². The van der Waals surface area contributed by atoms with E-state index in [0.717, 1.165) is 11.4 Å².